The molecule has 8 nitrogen and oxygen atoms in total. The Bertz CT molecular complexity index is 1280. The summed E-state index contributed by atoms with van der Waals surface area (Å²) in [5.74, 6) is -0.711. The van der Waals surface area contributed by atoms with E-state index in [2.05, 4.69) is 32.1 Å². The monoisotopic (exact) mass is 480 g/mol. The first-order valence-corrected chi connectivity index (χ1v) is 12.2. The van der Waals surface area contributed by atoms with Gasteiger partial charge in [0, 0.05) is 31.7 Å². The Morgan fingerprint density at radius 3 is 2.68 bits per heavy atom. The maximum Gasteiger partial charge on any atom is 0.290 e. The van der Waals surface area contributed by atoms with Crippen LogP contribution in [0, 0.1) is 5.82 Å². The molecule has 3 aromatic rings. The normalized spacial score (nSPS) is 18.3. The van der Waals surface area contributed by atoms with E-state index < -0.39 is 11.1 Å². The Labute approximate surface area is 200 Å². The van der Waals surface area contributed by atoms with Gasteiger partial charge in [-0.3, -0.25) is 19.8 Å². The van der Waals surface area contributed by atoms with Gasteiger partial charge in [-0.2, -0.15) is 5.10 Å². The van der Waals surface area contributed by atoms with Crippen LogP contribution in [0.4, 0.5) is 14.9 Å². The summed E-state index contributed by atoms with van der Waals surface area (Å²) in [6.07, 6.45) is 5.58. The van der Waals surface area contributed by atoms with E-state index in [0.29, 0.717) is 28.3 Å². The van der Waals surface area contributed by atoms with Gasteiger partial charge in [0.25, 0.3) is 11.1 Å². The molecule has 0 radical (unpaired) electrons. The van der Waals surface area contributed by atoms with Crippen molar-refractivity contribution >= 4 is 40.3 Å². The third-order valence-electron chi connectivity index (χ3n) is 6.09. The zero-order valence-corrected chi connectivity index (χ0v) is 19.6. The number of carbonyl (C=O) groups is 2. The van der Waals surface area contributed by atoms with Gasteiger partial charge >= 0.3 is 0 Å². The van der Waals surface area contributed by atoms with E-state index in [9.17, 15) is 9.59 Å². The van der Waals surface area contributed by atoms with Gasteiger partial charge < -0.3 is 4.90 Å². The molecule has 5 rings (SSSR count). The molecule has 2 aromatic heterocycles. The van der Waals surface area contributed by atoms with Crippen LogP contribution >= 0.6 is 11.8 Å². The van der Waals surface area contributed by atoms with Crippen LogP contribution < -0.4 is 10.2 Å². The number of hydrogen-bond donors (Lipinski definition) is 1. The summed E-state index contributed by atoms with van der Waals surface area (Å²) in [6.45, 7) is 6.80. The Hall–Kier alpha value is -3.24. The molecular weight excluding hydrogens is 455 g/mol. The molecule has 2 saturated heterocycles. The number of piperazine rings is 1. The lowest BCUT2D eigenvalue weighted by molar-refractivity contribution is -0.115. The van der Waals surface area contributed by atoms with Gasteiger partial charge in [-0.15, -0.1) is 0 Å². The van der Waals surface area contributed by atoms with E-state index >= 15 is 4.39 Å². The zero-order chi connectivity index (χ0) is 23.7. The third-order valence-corrected chi connectivity index (χ3v) is 6.90. The molecule has 1 N–H and O–H groups in total. The summed E-state index contributed by atoms with van der Waals surface area (Å²) in [5, 5.41) is 6.37. The predicted octanol–water partition coefficient (Wildman–Crippen LogP) is 3.78. The highest BCUT2D eigenvalue weighted by Crippen LogP contribution is 2.29. The maximum atomic E-state index is 15.2. The number of carbonyl (C=O) groups excluding carboxylic acids is 2. The summed E-state index contributed by atoms with van der Waals surface area (Å²) in [6, 6.07) is 8.72. The summed E-state index contributed by atoms with van der Waals surface area (Å²) in [5.41, 5.74) is 3.02. The van der Waals surface area contributed by atoms with Crippen molar-refractivity contribution in [3.05, 3.63) is 52.9 Å². The number of fused-ring (bicyclic) bond motifs is 1. The molecule has 176 valence electrons. The molecule has 10 heteroatoms. The Kier molecular flexibility index (Phi) is 6.34. The second kappa shape index (κ2) is 9.55. The highest BCUT2D eigenvalue weighted by Gasteiger charge is 2.25. The summed E-state index contributed by atoms with van der Waals surface area (Å²) in [7, 11) is 0. The first-order valence-electron chi connectivity index (χ1n) is 11.4. The topological polar surface area (TPSA) is 82.8 Å². The minimum atomic E-state index is -0.438. The first-order chi connectivity index (χ1) is 16.5. The number of benzene rings is 1. The molecule has 0 unspecified atom stereocenters. The zero-order valence-electron chi connectivity index (χ0n) is 18.8. The Morgan fingerprint density at radius 2 is 1.97 bits per heavy atom. The second-order valence-electron chi connectivity index (χ2n) is 8.37. The maximum absolute atomic E-state index is 15.2. The van der Waals surface area contributed by atoms with Crippen LogP contribution in [0.15, 0.2) is 41.4 Å². The van der Waals surface area contributed by atoms with Gasteiger partial charge in [-0.1, -0.05) is 19.4 Å². The molecule has 34 heavy (non-hydrogen) atoms. The van der Waals surface area contributed by atoms with Crippen LogP contribution in [0.5, 0.6) is 0 Å². The van der Waals surface area contributed by atoms with E-state index in [4.69, 9.17) is 0 Å². The Morgan fingerprint density at radius 1 is 1.15 bits per heavy atom. The Balaban J connectivity index is 1.38. The molecule has 4 heterocycles. The van der Waals surface area contributed by atoms with Gasteiger partial charge in [0.15, 0.2) is 5.65 Å². The fourth-order valence-corrected chi connectivity index (χ4v) is 4.90. The number of imidazole rings is 1. The molecule has 0 bridgehead atoms. The largest absolute Gasteiger partial charge is 0.367 e. The number of rotatable bonds is 6. The van der Waals surface area contributed by atoms with Crippen molar-refractivity contribution in [3.63, 3.8) is 0 Å². The lowest BCUT2D eigenvalue weighted by atomic mass is 10.1. The van der Waals surface area contributed by atoms with Crippen LogP contribution in [0.1, 0.15) is 25.5 Å². The number of unbranched alkanes of at least 4 members (excludes halogenated alkanes) is 1. The third kappa shape index (κ3) is 4.55. The van der Waals surface area contributed by atoms with Gasteiger partial charge in [0.05, 0.1) is 28.2 Å². The minimum Gasteiger partial charge on any atom is -0.367 e. The number of halogens is 1. The number of aromatic nitrogens is 3. The summed E-state index contributed by atoms with van der Waals surface area (Å²) < 4.78 is 16.8. The SMILES string of the molecule is CCCCN1CCN(c2ccc(-c3cnc4ccc(/C=C5\SC(=O)NC5=O)nn34)cc2F)CC1. The minimum absolute atomic E-state index is 0.273. The number of imide groups is 1. The molecule has 1 aromatic carbocycles. The fourth-order valence-electron chi connectivity index (χ4n) is 4.23. The van der Waals surface area contributed by atoms with Crippen molar-refractivity contribution in [1.82, 2.24) is 24.8 Å². The van der Waals surface area contributed by atoms with Crippen molar-refractivity contribution in [2.75, 3.05) is 37.6 Å². The van der Waals surface area contributed by atoms with Crippen molar-refractivity contribution < 1.29 is 14.0 Å². The number of hydrogen-bond acceptors (Lipinski definition) is 7. The first kappa shape index (κ1) is 22.5. The van der Waals surface area contributed by atoms with Crippen LogP contribution in [0.2, 0.25) is 0 Å². The smallest absolute Gasteiger partial charge is 0.290 e. The standard InChI is InChI=1S/C24H25FN6O2S/c1-2-3-8-29-9-11-30(12-10-29)19-6-4-16(13-18(19)25)20-15-26-22-7-5-17(28-31(20)22)14-21-23(32)27-24(33)34-21/h4-7,13-15H,2-3,8-12H2,1H3,(H,27,32,33)/b21-14-. The van der Waals surface area contributed by atoms with E-state index in [-0.39, 0.29) is 10.7 Å². The highest BCUT2D eigenvalue weighted by molar-refractivity contribution is 8.18. The number of nitrogens with zero attached hydrogens (tertiary/aromatic N) is 5. The number of anilines is 1. The quantitative estimate of drug-likeness (QED) is 0.538. The molecule has 2 fully saturated rings. The summed E-state index contributed by atoms with van der Waals surface area (Å²) >= 11 is 0.837. The summed E-state index contributed by atoms with van der Waals surface area (Å²) in [4.78, 5) is 32.4. The predicted molar refractivity (Wildman–Crippen MR) is 131 cm³/mol. The highest BCUT2D eigenvalue weighted by atomic mass is 32.2. The number of thioether (sulfide) groups is 1. The average Bonchev–Trinajstić information content (AvgIpc) is 3.40. The van der Waals surface area contributed by atoms with Crippen molar-refractivity contribution in [2.45, 2.75) is 19.8 Å². The lowest BCUT2D eigenvalue weighted by Gasteiger charge is -2.36. The van der Waals surface area contributed by atoms with Gasteiger partial charge in [0.1, 0.15) is 5.82 Å². The molecule has 2 aliphatic heterocycles. The number of amides is 2. The van der Waals surface area contributed by atoms with Crippen molar-refractivity contribution in [3.8, 4) is 11.3 Å². The molecule has 2 amide bonds. The van der Waals surface area contributed by atoms with Crippen LogP contribution in [0.25, 0.3) is 23.0 Å². The van der Waals surface area contributed by atoms with E-state index in [0.717, 1.165) is 44.5 Å². The molecule has 0 spiro atoms. The molecular formula is C24H25FN6O2S. The van der Waals surface area contributed by atoms with Gasteiger partial charge in [0.2, 0.25) is 0 Å². The van der Waals surface area contributed by atoms with Crippen LogP contribution in [-0.2, 0) is 4.79 Å². The van der Waals surface area contributed by atoms with Gasteiger partial charge in [-0.25, -0.2) is 13.9 Å². The van der Waals surface area contributed by atoms with E-state index in [1.165, 1.54) is 18.9 Å². The van der Waals surface area contributed by atoms with Crippen LogP contribution in [-0.4, -0.2) is 63.4 Å². The molecule has 0 atom stereocenters. The molecule has 2 aliphatic rings. The van der Waals surface area contributed by atoms with Gasteiger partial charge in [-0.05, 0) is 55.1 Å². The lowest BCUT2D eigenvalue weighted by Crippen LogP contribution is -2.46. The average molecular weight is 481 g/mol. The number of nitrogens with one attached hydrogen (secondary N) is 1. The molecule has 0 saturated carbocycles. The van der Waals surface area contributed by atoms with E-state index in [1.54, 1.807) is 28.9 Å². The van der Waals surface area contributed by atoms with Crippen molar-refractivity contribution in [1.29, 1.82) is 0 Å². The van der Waals surface area contributed by atoms with E-state index in [1.807, 2.05) is 12.1 Å². The fraction of sp³-hybridized carbons (Fsp3) is 0.333. The van der Waals surface area contributed by atoms with Crippen LogP contribution in [0.3, 0.4) is 0 Å². The second-order valence-corrected chi connectivity index (χ2v) is 9.39. The molecule has 0 aliphatic carbocycles. The van der Waals surface area contributed by atoms with Crippen molar-refractivity contribution in [2.24, 2.45) is 0 Å².